The van der Waals surface area contributed by atoms with Crippen molar-refractivity contribution < 1.29 is 9.50 Å². The maximum Gasteiger partial charge on any atom is 0.194 e. The van der Waals surface area contributed by atoms with Crippen molar-refractivity contribution in [1.82, 2.24) is 14.6 Å². The number of anilines is 2. The van der Waals surface area contributed by atoms with Crippen LogP contribution in [-0.4, -0.2) is 19.7 Å². The fourth-order valence-electron chi connectivity index (χ4n) is 3.97. The zero-order chi connectivity index (χ0) is 25.6. The van der Waals surface area contributed by atoms with Gasteiger partial charge in [-0.1, -0.05) is 66.7 Å². The third-order valence-corrected chi connectivity index (χ3v) is 5.86. The quantitative estimate of drug-likeness (QED) is 0.206. The van der Waals surface area contributed by atoms with E-state index in [4.69, 9.17) is 0 Å². The minimum absolute atomic E-state index is 0.0742. The molecule has 0 saturated carbocycles. The van der Waals surface area contributed by atoms with Crippen LogP contribution >= 0.6 is 0 Å². The minimum atomic E-state index is -0.533. The number of phenols is 1. The second-order valence-corrected chi connectivity index (χ2v) is 8.44. The van der Waals surface area contributed by atoms with Crippen molar-refractivity contribution in [2.75, 3.05) is 10.6 Å². The molecule has 3 aromatic carbocycles. The molecule has 0 spiro atoms. The molecule has 0 bridgehead atoms. The summed E-state index contributed by atoms with van der Waals surface area (Å²) in [5.41, 5.74) is 5.13. The predicted octanol–water partition coefficient (Wildman–Crippen LogP) is 6.88. The van der Waals surface area contributed by atoms with Crippen LogP contribution in [0.1, 0.15) is 18.1 Å². The molecular formula is C30H26FN5O. The van der Waals surface area contributed by atoms with E-state index in [-0.39, 0.29) is 11.4 Å². The highest BCUT2D eigenvalue weighted by Gasteiger charge is 2.14. The Kier molecular flexibility index (Phi) is 6.94. The summed E-state index contributed by atoms with van der Waals surface area (Å²) in [6.07, 6.45) is 7.26. The van der Waals surface area contributed by atoms with Gasteiger partial charge in [-0.3, -0.25) is 0 Å². The number of benzene rings is 3. The number of para-hydroxylation sites is 1. The summed E-state index contributed by atoms with van der Waals surface area (Å²) in [6, 6.07) is 26.8. The summed E-state index contributed by atoms with van der Waals surface area (Å²) in [4.78, 5) is 4.38. The Morgan fingerprint density at radius 1 is 1.00 bits per heavy atom. The molecule has 0 unspecified atom stereocenters. The van der Waals surface area contributed by atoms with Crippen molar-refractivity contribution in [2.45, 2.75) is 13.5 Å². The largest absolute Gasteiger partial charge is 0.507 e. The minimum Gasteiger partial charge on any atom is -0.507 e. The Morgan fingerprint density at radius 3 is 2.62 bits per heavy atom. The van der Waals surface area contributed by atoms with Gasteiger partial charge in [0.2, 0.25) is 0 Å². The van der Waals surface area contributed by atoms with Crippen molar-refractivity contribution in [3.8, 4) is 17.0 Å². The lowest BCUT2D eigenvalue weighted by Crippen LogP contribution is -2.07. The number of rotatable bonds is 8. The standard InChI is InChI=1S/C30H26FN5O/c1-2-23(16-15-21-9-4-3-5-10-21)34-24-12-8-11-22(17-24)19-32-29-18-27(25-13-6-7-14-28(25)37)35-30-26(31)20-33-36(29)30/h2-18,20,32,34,37H,19H2,1H3/b16-15+,23-2?. The normalized spacial score (nSPS) is 11.8. The Hall–Kier alpha value is -4.91. The first-order chi connectivity index (χ1) is 18.1. The molecule has 5 aromatic rings. The summed E-state index contributed by atoms with van der Waals surface area (Å²) in [5, 5.41) is 21.2. The number of aromatic hydroxyl groups is 1. The number of nitrogens with zero attached hydrogens (tertiary/aromatic N) is 3. The van der Waals surface area contributed by atoms with E-state index in [1.165, 1.54) is 4.52 Å². The predicted molar refractivity (Wildman–Crippen MR) is 147 cm³/mol. The smallest absolute Gasteiger partial charge is 0.194 e. The summed E-state index contributed by atoms with van der Waals surface area (Å²) >= 11 is 0. The lowest BCUT2D eigenvalue weighted by Gasteiger charge is -2.13. The van der Waals surface area contributed by atoms with E-state index in [0.717, 1.165) is 28.7 Å². The van der Waals surface area contributed by atoms with E-state index in [0.29, 0.717) is 23.6 Å². The number of phenolic OH excluding ortho intramolecular Hbond substituents is 1. The van der Waals surface area contributed by atoms with Crippen LogP contribution in [0.15, 0.2) is 109 Å². The number of allylic oxidation sites excluding steroid dienone is 2. The number of hydrogen-bond acceptors (Lipinski definition) is 5. The molecule has 2 aromatic heterocycles. The van der Waals surface area contributed by atoms with Gasteiger partial charge in [-0.2, -0.15) is 9.61 Å². The molecule has 184 valence electrons. The number of fused-ring (bicyclic) bond motifs is 1. The highest BCUT2D eigenvalue weighted by atomic mass is 19.1. The Morgan fingerprint density at radius 2 is 1.81 bits per heavy atom. The van der Waals surface area contributed by atoms with Crippen molar-refractivity contribution in [3.63, 3.8) is 0 Å². The van der Waals surface area contributed by atoms with E-state index in [1.807, 2.05) is 55.5 Å². The van der Waals surface area contributed by atoms with Crippen LogP contribution < -0.4 is 10.6 Å². The van der Waals surface area contributed by atoms with Crippen LogP contribution in [0.2, 0.25) is 0 Å². The van der Waals surface area contributed by atoms with Crippen molar-refractivity contribution in [1.29, 1.82) is 0 Å². The molecular weight excluding hydrogens is 465 g/mol. The van der Waals surface area contributed by atoms with Gasteiger partial charge in [0.15, 0.2) is 11.5 Å². The van der Waals surface area contributed by atoms with E-state index >= 15 is 0 Å². The monoisotopic (exact) mass is 491 g/mol. The third kappa shape index (κ3) is 5.51. The lowest BCUT2D eigenvalue weighted by molar-refractivity contribution is 0.477. The molecule has 7 heteroatoms. The molecule has 0 saturated heterocycles. The zero-order valence-electron chi connectivity index (χ0n) is 20.3. The van der Waals surface area contributed by atoms with Crippen LogP contribution in [0.25, 0.3) is 23.0 Å². The van der Waals surface area contributed by atoms with Gasteiger partial charge in [0.25, 0.3) is 0 Å². The van der Waals surface area contributed by atoms with Crippen molar-refractivity contribution in [2.24, 2.45) is 0 Å². The average Bonchev–Trinajstić information content (AvgIpc) is 3.31. The number of nitrogens with one attached hydrogen (secondary N) is 2. The molecule has 0 aliphatic heterocycles. The maximum absolute atomic E-state index is 14.4. The topological polar surface area (TPSA) is 74.5 Å². The van der Waals surface area contributed by atoms with Gasteiger partial charge in [0, 0.05) is 29.6 Å². The van der Waals surface area contributed by atoms with Crippen LogP contribution in [0, 0.1) is 5.82 Å². The Labute approximate surface area is 214 Å². The molecule has 0 atom stereocenters. The van der Waals surface area contributed by atoms with Crippen LogP contribution in [-0.2, 0) is 6.54 Å². The van der Waals surface area contributed by atoms with E-state index in [1.54, 1.807) is 30.3 Å². The van der Waals surface area contributed by atoms with Gasteiger partial charge >= 0.3 is 0 Å². The number of aromatic nitrogens is 3. The van der Waals surface area contributed by atoms with Crippen LogP contribution in [0.3, 0.4) is 0 Å². The lowest BCUT2D eigenvalue weighted by atomic mass is 10.1. The summed E-state index contributed by atoms with van der Waals surface area (Å²) in [7, 11) is 0. The molecule has 0 radical (unpaired) electrons. The van der Waals surface area contributed by atoms with Gasteiger partial charge in [-0.05, 0) is 48.4 Å². The Bertz CT molecular complexity index is 1590. The SMILES string of the molecule is CC=C(/C=C/c1ccccc1)Nc1cccc(CNc2cc(-c3ccccc3O)nc3c(F)cnn23)c1. The summed E-state index contributed by atoms with van der Waals surface area (Å²) in [5.74, 6) is 0.101. The molecule has 37 heavy (non-hydrogen) atoms. The van der Waals surface area contributed by atoms with Crippen molar-refractivity contribution in [3.05, 3.63) is 126 Å². The highest BCUT2D eigenvalue weighted by Crippen LogP contribution is 2.30. The Balaban J connectivity index is 1.35. The first-order valence-electron chi connectivity index (χ1n) is 11.9. The fraction of sp³-hybridized carbons (Fsp3) is 0.0667. The van der Waals surface area contributed by atoms with E-state index in [2.05, 4.69) is 45.0 Å². The van der Waals surface area contributed by atoms with Crippen molar-refractivity contribution >= 4 is 23.2 Å². The maximum atomic E-state index is 14.4. The second-order valence-electron chi connectivity index (χ2n) is 8.44. The van der Waals surface area contributed by atoms with Gasteiger partial charge in [0.05, 0.1) is 11.9 Å². The van der Waals surface area contributed by atoms with Gasteiger partial charge < -0.3 is 15.7 Å². The van der Waals surface area contributed by atoms with E-state index in [9.17, 15) is 9.50 Å². The first kappa shape index (κ1) is 23.8. The summed E-state index contributed by atoms with van der Waals surface area (Å²) < 4.78 is 15.8. The average molecular weight is 492 g/mol. The summed E-state index contributed by atoms with van der Waals surface area (Å²) in [6.45, 7) is 2.46. The van der Waals surface area contributed by atoms with E-state index < -0.39 is 5.82 Å². The highest BCUT2D eigenvalue weighted by molar-refractivity contribution is 5.71. The van der Waals surface area contributed by atoms with Gasteiger partial charge in [-0.25, -0.2) is 9.37 Å². The fourth-order valence-corrected chi connectivity index (χ4v) is 3.97. The molecule has 0 amide bonds. The third-order valence-electron chi connectivity index (χ3n) is 5.86. The van der Waals surface area contributed by atoms with Gasteiger partial charge in [0.1, 0.15) is 11.6 Å². The first-order valence-corrected chi connectivity index (χ1v) is 11.9. The molecule has 5 rings (SSSR count). The zero-order valence-corrected chi connectivity index (χ0v) is 20.3. The number of hydrogen-bond donors (Lipinski definition) is 3. The molecule has 6 nitrogen and oxygen atoms in total. The van der Waals surface area contributed by atoms with Crippen LogP contribution in [0.4, 0.5) is 15.9 Å². The molecule has 2 heterocycles. The molecule has 0 fully saturated rings. The second kappa shape index (κ2) is 10.8. The molecule has 0 aliphatic carbocycles. The molecule has 0 aliphatic rings. The number of halogens is 1. The van der Waals surface area contributed by atoms with Gasteiger partial charge in [-0.15, -0.1) is 0 Å². The molecule has 3 N–H and O–H groups in total. The van der Waals surface area contributed by atoms with Crippen LogP contribution in [0.5, 0.6) is 5.75 Å².